The van der Waals surface area contributed by atoms with Crippen molar-refractivity contribution < 1.29 is 34.4 Å². The lowest BCUT2D eigenvalue weighted by molar-refractivity contribution is -0.139. The lowest BCUT2D eigenvalue weighted by atomic mass is 9.79. The Morgan fingerprint density at radius 1 is 0.683 bits per heavy atom. The highest BCUT2D eigenvalue weighted by Crippen LogP contribution is 2.46. The van der Waals surface area contributed by atoms with E-state index in [4.69, 9.17) is 9.47 Å². The maximum absolute atomic E-state index is 13.9. The minimum absolute atomic E-state index is 0.0392. The molecule has 0 fully saturated rings. The quantitative estimate of drug-likeness (QED) is 0.0510. The van der Waals surface area contributed by atoms with Crippen LogP contribution in [0.4, 0.5) is 28.4 Å². The van der Waals surface area contributed by atoms with Gasteiger partial charge >= 0.3 is 5.97 Å². The second-order valence-corrected chi connectivity index (χ2v) is 15.1. The SMILES string of the molecule is C=C(C)C(=O)OCCOc1ccc(N(c2ccc(C3=C(O)/C(=C4/C=CC(=[N+](c5ccccc5)c5cccc6ccccc56)C=C4O)C3=O)c(O)c2)c2cccc3ccccc23)cc1. The number of benzene rings is 7. The third-order valence-electron chi connectivity index (χ3n) is 11.0. The van der Waals surface area contributed by atoms with Crippen LogP contribution < -0.4 is 14.2 Å². The Bertz CT molecular complexity index is 3150. The Kier molecular flexibility index (Phi) is 10.7. The number of carbonyl (C=O) groups excluding carboxylic acids is 2. The molecule has 9 nitrogen and oxygen atoms in total. The number of phenolic OH excluding ortho intramolecular Hbond substituents is 1. The fourth-order valence-electron chi connectivity index (χ4n) is 7.99. The minimum Gasteiger partial charge on any atom is -0.507 e. The van der Waals surface area contributed by atoms with Gasteiger partial charge < -0.3 is 29.7 Å². The zero-order valence-electron chi connectivity index (χ0n) is 34.2. The maximum atomic E-state index is 13.9. The number of hydrogen-bond donors (Lipinski definition) is 3. The molecular weight excluding hydrogens is 789 g/mol. The van der Waals surface area contributed by atoms with Gasteiger partial charge in [0.15, 0.2) is 0 Å². The zero-order valence-corrected chi connectivity index (χ0v) is 34.2. The van der Waals surface area contributed by atoms with Crippen LogP contribution in [0.2, 0.25) is 0 Å². The Morgan fingerprint density at radius 2 is 1.33 bits per heavy atom. The highest BCUT2D eigenvalue weighted by Gasteiger charge is 2.40. The number of rotatable bonds is 11. The summed E-state index contributed by atoms with van der Waals surface area (Å²) in [6.07, 6.45) is 5.03. The molecule has 0 aliphatic heterocycles. The number of esters is 1. The van der Waals surface area contributed by atoms with Gasteiger partial charge in [-0.3, -0.25) is 4.79 Å². The molecule has 2 aliphatic carbocycles. The average Bonchev–Trinajstić information content (AvgIpc) is 3.30. The number of nitrogens with zero attached hydrogens (tertiary/aromatic N) is 2. The van der Waals surface area contributed by atoms with Crippen molar-refractivity contribution in [2.75, 3.05) is 18.1 Å². The molecule has 0 amide bonds. The number of carbonyl (C=O) groups is 2. The monoisotopic (exact) mass is 829 g/mol. The average molecular weight is 830 g/mol. The summed E-state index contributed by atoms with van der Waals surface area (Å²) < 4.78 is 13.0. The Balaban J connectivity index is 1.05. The van der Waals surface area contributed by atoms with Crippen LogP contribution in [-0.2, 0) is 14.3 Å². The largest absolute Gasteiger partial charge is 0.507 e. The zero-order chi connectivity index (χ0) is 43.6. The first kappa shape index (κ1) is 40.0. The predicted molar refractivity (Wildman–Crippen MR) is 250 cm³/mol. The molecule has 2 aliphatic rings. The molecule has 0 aromatic heterocycles. The minimum atomic E-state index is -0.511. The van der Waals surface area contributed by atoms with Crippen molar-refractivity contribution in [3.8, 4) is 11.5 Å². The van der Waals surface area contributed by atoms with Gasteiger partial charge in [0.2, 0.25) is 22.9 Å². The lowest BCUT2D eigenvalue weighted by Gasteiger charge is -2.28. The highest BCUT2D eigenvalue weighted by atomic mass is 16.6. The van der Waals surface area contributed by atoms with E-state index in [0.717, 1.165) is 44.3 Å². The van der Waals surface area contributed by atoms with Gasteiger partial charge in [-0.25, -0.2) is 4.79 Å². The van der Waals surface area contributed by atoms with Crippen molar-refractivity contribution in [2.24, 2.45) is 0 Å². The highest BCUT2D eigenvalue weighted by molar-refractivity contribution is 6.40. The first-order valence-electron chi connectivity index (χ1n) is 20.4. The molecule has 0 unspecified atom stereocenters. The van der Waals surface area contributed by atoms with E-state index >= 15 is 0 Å². The number of ether oxygens (including phenoxy) is 2. The van der Waals surface area contributed by atoms with E-state index in [0.29, 0.717) is 22.7 Å². The number of fused-ring (bicyclic) bond motifs is 2. The van der Waals surface area contributed by atoms with Crippen LogP contribution in [-0.4, -0.2) is 46.0 Å². The second kappa shape index (κ2) is 16.9. The molecule has 9 heteroatoms. The number of para-hydroxylation sites is 1. The molecule has 7 aromatic rings. The van der Waals surface area contributed by atoms with Gasteiger partial charge in [-0.15, -0.1) is 0 Å². The van der Waals surface area contributed by atoms with Gasteiger partial charge in [0, 0.05) is 63.8 Å². The number of hydrogen-bond acceptors (Lipinski definition) is 8. The molecule has 9 rings (SSSR count). The maximum Gasteiger partial charge on any atom is 0.333 e. The Labute approximate surface area is 363 Å². The van der Waals surface area contributed by atoms with E-state index < -0.39 is 11.8 Å². The number of aromatic hydroxyl groups is 1. The van der Waals surface area contributed by atoms with Gasteiger partial charge in [-0.2, -0.15) is 4.58 Å². The summed E-state index contributed by atoms with van der Waals surface area (Å²) in [5, 5.41) is 38.7. The molecule has 0 heterocycles. The Morgan fingerprint density at radius 3 is 2.03 bits per heavy atom. The van der Waals surface area contributed by atoms with E-state index in [9.17, 15) is 24.9 Å². The molecule has 308 valence electrons. The predicted octanol–water partition coefficient (Wildman–Crippen LogP) is 11.8. The fourth-order valence-corrected chi connectivity index (χ4v) is 7.99. The van der Waals surface area contributed by atoms with Crippen molar-refractivity contribution in [2.45, 2.75) is 6.92 Å². The molecular formula is C54H41N2O7+. The number of allylic oxidation sites excluding steroid dienone is 5. The molecule has 0 saturated carbocycles. The molecule has 7 aromatic carbocycles. The van der Waals surface area contributed by atoms with Crippen molar-refractivity contribution in [1.29, 1.82) is 0 Å². The standard InChI is InChI=1S/C54H40N2O7/c1-34(2)54(61)63-31-30-62-41-26-22-38(23-27-41)56(47-21-11-15-36-13-7-9-19-43(36)47)40-25-29-45(49(58)33-40)51-52(59)50(53(51)60)44-28-24-39(32-48(44)57)55(37-16-4-3-5-17-37)46-20-10-14-35-12-6-8-18-42(35)46/h3-29,32-33H,1,30-31H2,2H3,(H2,57,58,59,60)/p+1. The number of aliphatic hydroxyl groups is 2. The van der Waals surface area contributed by atoms with Crippen LogP contribution in [0, 0.1) is 0 Å². The molecule has 63 heavy (non-hydrogen) atoms. The van der Waals surface area contributed by atoms with Crippen LogP contribution in [0.5, 0.6) is 11.5 Å². The van der Waals surface area contributed by atoms with E-state index in [1.165, 1.54) is 0 Å². The molecule has 0 bridgehead atoms. The van der Waals surface area contributed by atoms with Crippen molar-refractivity contribution in [3.63, 3.8) is 0 Å². The van der Waals surface area contributed by atoms with Crippen LogP contribution in [0.1, 0.15) is 12.5 Å². The summed E-state index contributed by atoms with van der Waals surface area (Å²) in [4.78, 5) is 27.7. The summed E-state index contributed by atoms with van der Waals surface area (Å²) in [6, 6.07) is 50.2. The molecule has 0 spiro atoms. The molecule has 0 radical (unpaired) electrons. The number of ketones is 1. The third-order valence-corrected chi connectivity index (χ3v) is 11.0. The van der Waals surface area contributed by atoms with Crippen LogP contribution in [0.3, 0.4) is 0 Å². The smallest absolute Gasteiger partial charge is 0.333 e. The van der Waals surface area contributed by atoms with Gasteiger partial charge in [0.1, 0.15) is 36.2 Å². The van der Waals surface area contributed by atoms with Crippen LogP contribution in [0.25, 0.3) is 27.1 Å². The number of anilines is 3. The lowest BCUT2D eigenvalue weighted by Crippen LogP contribution is -2.24. The van der Waals surface area contributed by atoms with Gasteiger partial charge in [0.25, 0.3) is 0 Å². The second-order valence-electron chi connectivity index (χ2n) is 15.1. The van der Waals surface area contributed by atoms with Crippen LogP contribution in [0.15, 0.2) is 211 Å². The van der Waals surface area contributed by atoms with Gasteiger partial charge in [0.05, 0.1) is 28.3 Å². The van der Waals surface area contributed by atoms with E-state index in [1.54, 1.807) is 49.4 Å². The van der Waals surface area contributed by atoms with E-state index in [-0.39, 0.29) is 52.8 Å². The summed E-state index contributed by atoms with van der Waals surface area (Å²) >= 11 is 0. The van der Waals surface area contributed by atoms with Crippen molar-refractivity contribution >= 4 is 73.0 Å². The Hall–Kier alpha value is -8.43. The van der Waals surface area contributed by atoms with Crippen LogP contribution >= 0.6 is 0 Å². The number of aliphatic hydroxyl groups excluding tert-OH is 2. The number of phenols is 1. The fraction of sp³-hybridized carbons (Fsp3) is 0.0556. The number of Topliss-reactive ketones (excluding diaryl/α,β-unsaturated/α-hetero) is 1. The summed E-state index contributed by atoms with van der Waals surface area (Å²) in [5.41, 5.74) is 5.17. The van der Waals surface area contributed by atoms with E-state index in [2.05, 4.69) is 12.6 Å². The first-order valence-corrected chi connectivity index (χ1v) is 20.4. The molecule has 0 atom stereocenters. The summed E-state index contributed by atoms with van der Waals surface area (Å²) in [7, 11) is 0. The van der Waals surface area contributed by atoms with Crippen molar-refractivity contribution in [3.05, 3.63) is 216 Å². The van der Waals surface area contributed by atoms with Gasteiger partial charge in [-0.05, 0) is 72.3 Å². The first-order chi connectivity index (χ1) is 30.7. The van der Waals surface area contributed by atoms with Gasteiger partial charge in [-0.1, -0.05) is 91.5 Å². The summed E-state index contributed by atoms with van der Waals surface area (Å²) in [6.45, 7) is 5.40. The van der Waals surface area contributed by atoms with E-state index in [1.807, 2.05) is 137 Å². The van der Waals surface area contributed by atoms with Crippen molar-refractivity contribution in [1.82, 2.24) is 4.58 Å². The molecule has 3 N–H and O–H groups in total. The third kappa shape index (κ3) is 7.64. The molecule has 0 saturated heterocycles. The normalized spacial score (nSPS) is 15.5. The summed E-state index contributed by atoms with van der Waals surface area (Å²) in [5.74, 6) is -1.15. The topological polar surface area (TPSA) is 120 Å².